The zero-order valence-corrected chi connectivity index (χ0v) is 13.5. The first-order valence-electron chi connectivity index (χ1n) is 8.07. The molecule has 2 aromatic rings. The Morgan fingerprint density at radius 3 is 2.91 bits per heavy atom. The number of aromatic nitrogens is 5. The molecule has 0 aliphatic carbocycles. The van der Waals surface area contributed by atoms with Crippen molar-refractivity contribution in [1.29, 1.82) is 0 Å². The van der Waals surface area contributed by atoms with Crippen molar-refractivity contribution in [3.05, 3.63) is 24.0 Å². The Morgan fingerprint density at radius 2 is 2.09 bits per heavy atom. The molecule has 8 nitrogen and oxygen atoms in total. The minimum Gasteiger partial charge on any atom is -0.478 e. The van der Waals surface area contributed by atoms with Crippen LogP contribution in [-0.2, 0) is 13.1 Å². The molecule has 0 saturated carbocycles. The quantitative estimate of drug-likeness (QED) is 0.812. The number of ether oxygens (including phenoxy) is 1. The normalized spacial score (nSPS) is 18.6. The Bertz CT molecular complexity index is 695. The van der Waals surface area contributed by atoms with Crippen LogP contribution in [0.15, 0.2) is 12.4 Å². The van der Waals surface area contributed by atoms with Gasteiger partial charge in [-0.25, -0.2) is 9.97 Å². The van der Waals surface area contributed by atoms with E-state index in [2.05, 4.69) is 34.5 Å². The Hall–Kier alpha value is -2.22. The van der Waals surface area contributed by atoms with E-state index in [1.807, 2.05) is 19.9 Å². The molecular weight excluding hydrogens is 294 g/mol. The van der Waals surface area contributed by atoms with Crippen LogP contribution in [0.3, 0.4) is 0 Å². The first kappa shape index (κ1) is 14.4. The van der Waals surface area contributed by atoms with E-state index in [-0.39, 0.29) is 0 Å². The van der Waals surface area contributed by atoms with E-state index in [4.69, 9.17) is 4.74 Å². The lowest BCUT2D eigenvalue weighted by Crippen LogP contribution is -2.61. The van der Waals surface area contributed by atoms with Crippen LogP contribution in [-0.4, -0.2) is 61.9 Å². The summed E-state index contributed by atoms with van der Waals surface area (Å²) in [6.45, 7) is 9.47. The first-order chi connectivity index (χ1) is 11.2. The number of anilines is 1. The monoisotopic (exact) mass is 315 g/mol. The maximum absolute atomic E-state index is 5.44. The minimum atomic E-state index is 0.547. The average molecular weight is 315 g/mol. The van der Waals surface area contributed by atoms with Gasteiger partial charge in [-0.3, -0.25) is 4.90 Å². The molecule has 0 amide bonds. The standard InChI is InChI=1S/C15H21N7O/c1-3-23-15-6-13(16-10-17-15)21-7-12(8-21)20-4-5-22-11(2)18-19-14(22)9-20/h6,10,12H,3-5,7-9H2,1-2H3. The summed E-state index contributed by atoms with van der Waals surface area (Å²) in [7, 11) is 0. The highest BCUT2D eigenvalue weighted by Crippen LogP contribution is 2.26. The van der Waals surface area contributed by atoms with Crippen molar-refractivity contribution in [3.63, 3.8) is 0 Å². The molecule has 122 valence electrons. The second-order valence-corrected chi connectivity index (χ2v) is 5.99. The summed E-state index contributed by atoms with van der Waals surface area (Å²) in [5, 5.41) is 8.45. The molecule has 2 aliphatic rings. The van der Waals surface area contributed by atoms with Crippen LogP contribution >= 0.6 is 0 Å². The molecule has 0 bridgehead atoms. The lowest BCUT2D eigenvalue weighted by molar-refractivity contribution is 0.127. The maximum Gasteiger partial charge on any atom is 0.218 e. The van der Waals surface area contributed by atoms with Gasteiger partial charge >= 0.3 is 0 Å². The van der Waals surface area contributed by atoms with Crippen molar-refractivity contribution in [3.8, 4) is 5.88 Å². The Morgan fingerprint density at radius 1 is 1.22 bits per heavy atom. The molecule has 2 aromatic heterocycles. The van der Waals surface area contributed by atoms with Gasteiger partial charge in [0.2, 0.25) is 5.88 Å². The molecule has 0 radical (unpaired) electrons. The van der Waals surface area contributed by atoms with Crippen molar-refractivity contribution >= 4 is 5.82 Å². The van der Waals surface area contributed by atoms with E-state index in [9.17, 15) is 0 Å². The number of fused-ring (bicyclic) bond motifs is 1. The summed E-state index contributed by atoms with van der Waals surface area (Å²) in [6, 6.07) is 2.46. The van der Waals surface area contributed by atoms with E-state index in [0.717, 1.165) is 50.2 Å². The molecule has 8 heteroatoms. The fraction of sp³-hybridized carbons (Fsp3) is 0.600. The van der Waals surface area contributed by atoms with Crippen LogP contribution in [0.5, 0.6) is 5.88 Å². The van der Waals surface area contributed by atoms with Gasteiger partial charge in [0, 0.05) is 38.3 Å². The molecule has 0 unspecified atom stereocenters. The van der Waals surface area contributed by atoms with Gasteiger partial charge in [0.25, 0.3) is 0 Å². The SMILES string of the molecule is CCOc1cc(N2CC(N3CCn4c(C)nnc4C3)C2)ncn1. The predicted molar refractivity (Wildman–Crippen MR) is 84.4 cm³/mol. The fourth-order valence-corrected chi connectivity index (χ4v) is 3.24. The van der Waals surface area contributed by atoms with E-state index in [1.165, 1.54) is 0 Å². The molecule has 1 saturated heterocycles. The van der Waals surface area contributed by atoms with E-state index in [1.54, 1.807) is 6.33 Å². The van der Waals surface area contributed by atoms with Crippen molar-refractivity contribution in [2.24, 2.45) is 0 Å². The van der Waals surface area contributed by atoms with Crippen LogP contribution < -0.4 is 9.64 Å². The zero-order chi connectivity index (χ0) is 15.8. The molecule has 0 N–H and O–H groups in total. The second-order valence-electron chi connectivity index (χ2n) is 5.99. The van der Waals surface area contributed by atoms with Crippen LogP contribution in [0.25, 0.3) is 0 Å². The summed E-state index contributed by atoms with van der Waals surface area (Å²) in [5.74, 6) is 3.67. The van der Waals surface area contributed by atoms with Gasteiger partial charge in [-0.2, -0.15) is 0 Å². The van der Waals surface area contributed by atoms with Crippen LogP contribution in [0.4, 0.5) is 5.82 Å². The predicted octanol–water partition coefficient (Wildman–Crippen LogP) is 0.480. The van der Waals surface area contributed by atoms with Crippen LogP contribution in [0.1, 0.15) is 18.6 Å². The number of rotatable bonds is 4. The maximum atomic E-state index is 5.44. The smallest absolute Gasteiger partial charge is 0.218 e. The molecule has 0 atom stereocenters. The van der Waals surface area contributed by atoms with Crippen molar-refractivity contribution < 1.29 is 4.74 Å². The highest BCUT2D eigenvalue weighted by atomic mass is 16.5. The molecule has 4 rings (SSSR count). The second kappa shape index (κ2) is 5.77. The van der Waals surface area contributed by atoms with Gasteiger partial charge < -0.3 is 14.2 Å². The molecule has 23 heavy (non-hydrogen) atoms. The summed E-state index contributed by atoms with van der Waals surface area (Å²) in [5.41, 5.74) is 0. The molecule has 1 fully saturated rings. The van der Waals surface area contributed by atoms with Crippen molar-refractivity contribution in [1.82, 2.24) is 29.6 Å². The molecule has 0 spiro atoms. The van der Waals surface area contributed by atoms with Crippen LogP contribution in [0, 0.1) is 6.92 Å². The number of aryl methyl sites for hydroxylation is 1. The van der Waals surface area contributed by atoms with Gasteiger partial charge in [0.05, 0.1) is 13.2 Å². The topological polar surface area (TPSA) is 72.2 Å². The van der Waals surface area contributed by atoms with Crippen molar-refractivity contribution in [2.75, 3.05) is 31.1 Å². The summed E-state index contributed by atoms with van der Waals surface area (Å²) in [6.07, 6.45) is 1.57. The first-order valence-corrected chi connectivity index (χ1v) is 8.07. The third-order valence-corrected chi connectivity index (χ3v) is 4.59. The van der Waals surface area contributed by atoms with Crippen molar-refractivity contribution in [2.45, 2.75) is 33.0 Å². The van der Waals surface area contributed by atoms with Crippen LogP contribution in [0.2, 0.25) is 0 Å². The lowest BCUT2D eigenvalue weighted by Gasteiger charge is -2.47. The largest absolute Gasteiger partial charge is 0.478 e. The van der Waals surface area contributed by atoms with E-state index >= 15 is 0 Å². The third kappa shape index (κ3) is 2.63. The Labute approximate surface area is 135 Å². The zero-order valence-electron chi connectivity index (χ0n) is 13.5. The van der Waals surface area contributed by atoms with E-state index < -0.39 is 0 Å². The van der Waals surface area contributed by atoms with Gasteiger partial charge in [-0.15, -0.1) is 10.2 Å². The van der Waals surface area contributed by atoms with E-state index in [0.29, 0.717) is 18.5 Å². The molecule has 2 aliphatic heterocycles. The average Bonchev–Trinajstić information content (AvgIpc) is 2.88. The summed E-state index contributed by atoms with van der Waals surface area (Å²) < 4.78 is 7.66. The number of hydrogen-bond donors (Lipinski definition) is 0. The fourth-order valence-electron chi connectivity index (χ4n) is 3.24. The number of nitrogens with zero attached hydrogens (tertiary/aromatic N) is 7. The molecule has 4 heterocycles. The third-order valence-electron chi connectivity index (χ3n) is 4.59. The summed E-state index contributed by atoms with van der Waals surface area (Å²) >= 11 is 0. The minimum absolute atomic E-state index is 0.547. The van der Waals surface area contributed by atoms with Gasteiger partial charge in [0.1, 0.15) is 23.8 Å². The van der Waals surface area contributed by atoms with Gasteiger partial charge in [0.15, 0.2) is 0 Å². The Kier molecular flexibility index (Phi) is 3.60. The summed E-state index contributed by atoms with van der Waals surface area (Å²) in [4.78, 5) is 13.2. The van der Waals surface area contributed by atoms with Gasteiger partial charge in [-0.05, 0) is 13.8 Å². The highest BCUT2D eigenvalue weighted by Gasteiger charge is 2.35. The molecule has 0 aromatic carbocycles. The lowest BCUT2D eigenvalue weighted by atomic mass is 10.1. The Balaban J connectivity index is 1.38. The van der Waals surface area contributed by atoms with Gasteiger partial charge in [-0.1, -0.05) is 0 Å². The molecular formula is C15H21N7O. The highest BCUT2D eigenvalue weighted by molar-refractivity contribution is 5.44. The number of hydrogen-bond acceptors (Lipinski definition) is 7.